The number of hydrogen-bond donors (Lipinski definition) is 2. The van der Waals surface area contributed by atoms with Gasteiger partial charge in [-0.3, -0.25) is 9.59 Å². The summed E-state index contributed by atoms with van der Waals surface area (Å²) in [5, 5.41) is 4.93. The second kappa shape index (κ2) is 9.10. The standard InChI is InChI=1S/C20H21N3O2S/c24-17(15-6-2-1-3-7-15)8-4-10-19(25)21-12-11-16-20(23-14-22-16)18-9-5-13-26-18/h1-3,5-7,9,13-14H,4,8,10-12H2,(H,21,25)(H,22,23). The number of benzene rings is 1. The first kappa shape index (κ1) is 18.1. The van der Waals surface area contributed by atoms with Crippen LogP contribution in [0, 0.1) is 0 Å². The van der Waals surface area contributed by atoms with Crippen molar-refractivity contribution in [3.8, 4) is 10.6 Å². The van der Waals surface area contributed by atoms with E-state index in [0.29, 0.717) is 37.8 Å². The molecule has 26 heavy (non-hydrogen) atoms. The molecule has 0 unspecified atom stereocenters. The lowest BCUT2D eigenvalue weighted by Crippen LogP contribution is -2.25. The van der Waals surface area contributed by atoms with Crippen molar-refractivity contribution in [2.45, 2.75) is 25.7 Å². The van der Waals surface area contributed by atoms with E-state index in [9.17, 15) is 9.59 Å². The van der Waals surface area contributed by atoms with Crippen LogP contribution in [-0.2, 0) is 11.2 Å². The Balaban J connectivity index is 1.37. The first-order chi connectivity index (χ1) is 12.7. The molecule has 3 rings (SSSR count). The highest BCUT2D eigenvalue weighted by atomic mass is 32.1. The summed E-state index contributed by atoms with van der Waals surface area (Å²) in [6, 6.07) is 13.2. The third-order valence-electron chi connectivity index (χ3n) is 4.07. The molecule has 1 aromatic carbocycles. The average Bonchev–Trinajstić information content (AvgIpc) is 3.33. The number of carbonyl (C=O) groups is 2. The number of imidazole rings is 1. The Morgan fingerprint density at radius 3 is 2.69 bits per heavy atom. The molecule has 0 atom stereocenters. The minimum absolute atomic E-state index is 0.0250. The lowest BCUT2D eigenvalue weighted by molar-refractivity contribution is -0.121. The van der Waals surface area contributed by atoms with E-state index in [4.69, 9.17) is 0 Å². The van der Waals surface area contributed by atoms with Crippen molar-refractivity contribution < 1.29 is 9.59 Å². The van der Waals surface area contributed by atoms with E-state index in [1.165, 1.54) is 0 Å². The minimum Gasteiger partial charge on any atom is -0.356 e. The Bertz CT molecular complexity index is 841. The maximum atomic E-state index is 12.0. The quantitative estimate of drug-likeness (QED) is 0.564. The van der Waals surface area contributed by atoms with Crippen molar-refractivity contribution in [1.82, 2.24) is 15.3 Å². The van der Waals surface area contributed by atoms with Crippen molar-refractivity contribution >= 4 is 23.0 Å². The molecule has 0 radical (unpaired) electrons. The van der Waals surface area contributed by atoms with Gasteiger partial charge in [0.25, 0.3) is 0 Å². The van der Waals surface area contributed by atoms with E-state index >= 15 is 0 Å². The molecule has 5 nitrogen and oxygen atoms in total. The van der Waals surface area contributed by atoms with Crippen LogP contribution < -0.4 is 5.32 Å². The van der Waals surface area contributed by atoms with E-state index in [1.807, 2.05) is 35.7 Å². The summed E-state index contributed by atoms with van der Waals surface area (Å²) < 4.78 is 0. The summed E-state index contributed by atoms with van der Waals surface area (Å²) in [6.07, 6.45) is 3.69. The van der Waals surface area contributed by atoms with E-state index in [0.717, 1.165) is 16.3 Å². The summed E-state index contributed by atoms with van der Waals surface area (Å²) in [7, 11) is 0. The second-order valence-corrected chi connectivity index (χ2v) is 6.90. The van der Waals surface area contributed by atoms with Crippen LogP contribution in [0.15, 0.2) is 54.2 Å². The molecule has 0 fully saturated rings. The number of H-pyrrole nitrogens is 1. The van der Waals surface area contributed by atoms with Crippen molar-refractivity contribution in [3.05, 3.63) is 65.4 Å². The maximum absolute atomic E-state index is 12.0. The highest BCUT2D eigenvalue weighted by Gasteiger charge is 2.10. The number of carbonyl (C=O) groups excluding carboxylic acids is 2. The molecule has 0 spiro atoms. The summed E-state index contributed by atoms with van der Waals surface area (Å²) in [5.74, 6) is 0.0551. The van der Waals surface area contributed by atoms with Gasteiger partial charge in [0, 0.05) is 37.1 Å². The molecule has 6 heteroatoms. The fourth-order valence-electron chi connectivity index (χ4n) is 2.73. The number of aromatic nitrogens is 2. The number of rotatable bonds is 9. The SMILES string of the molecule is O=C(CCCC(=O)c1ccccc1)NCCc1[nH]cnc1-c1cccs1. The summed E-state index contributed by atoms with van der Waals surface area (Å²) in [6.45, 7) is 0.548. The fourth-order valence-corrected chi connectivity index (χ4v) is 3.48. The first-order valence-electron chi connectivity index (χ1n) is 8.65. The smallest absolute Gasteiger partial charge is 0.220 e. The van der Waals surface area contributed by atoms with E-state index in [2.05, 4.69) is 15.3 Å². The van der Waals surface area contributed by atoms with Crippen LogP contribution in [0.4, 0.5) is 0 Å². The highest BCUT2D eigenvalue weighted by molar-refractivity contribution is 7.13. The minimum atomic E-state index is -0.0250. The van der Waals surface area contributed by atoms with Gasteiger partial charge in [0.05, 0.1) is 11.2 Å². The van der Waals surface area contributed by atoms with Gasteiger partial charge in [-0.2, -0.15) is 0 Å². The van der Waals surface area contributed by atoms with Crippen molar-refractivity contribution in [2.75, 3.05) is 6.54 Å². The predicted molar refractivity (Wildman–Crippen MR) is 103 cm³/mol. The third kappa shape index (κ3) is 4.89. The number of amides is 1. The monoisotopic (exact) mass is 367 g/mol. The molecule has 2 aromatic heterocycles. The Hall–Kier alpha value is -2.73. The van der Waals surface area contributed by atoms with Crippen molar-refractivity contribution in [3.63, 3.8) is 0 Å². The molecule has 0 saturated carbocycles. The summed E-state index contributed by atoms with van der Waals surface area (Å²) >= 11 is 1.64. The molecular formula is C20H21N3O2S. The molecule has 0 aliphatic carbocycles. The van der Waals surface area contributed by atoms with Gasteiger partial charge in [-0.1, -0.05) is 36.4 Å². The number of ketones is 1. The molecule has 2 N–H and O–H groups in total. The average molecular weight is 367 g/mol. The van der Waals surface area contributed by atoms with Gasteiger partial charge in [0.1, 0.15) is 5.69 Å². The lowest BCUT2D eigenvalue weighted by Gasteiger charge is -2.05. The predicted octanol–water partition coefficient (Wildman–Crippen LogP) is 3.85. The van der Waals surface area contributed by atoms with Gasteiger partial charge in [-0.25, -0.2) is 4.98 Å². The number of hydrogen-bond acceptors (Lipinski definition) is 4. The zero-order valence-corrected chi connectivity index (χ0v) is 15.2. The van der Waals surface area contributed by atoms with E-state index in [-0.39, 0.29) is 11.7 Å². The molecule has 3 aromatic rings. The van der Waals surface area contributed by atoms with Crippen LogP contribution in [0.1, 0.15) is 35.3 Å². The van der Waals surface area contributed by atoms with Crippen molar-refractivity contribution in [1.29, 1.82) is 0 Å². The van der Waals surface area contributed by atoms with E-state index < -0.39 is 0 Å². The van der Waals surface area contributed by atoms with Gasteiger partial charge in [0.15, 0.2) is 5.78 Å². The van der Waals surface area contributed by atoms with E-state index in [1.54, 1.807) is 29.8 Å². The molecule has 0 saturated heterocycles. The Morgan fingerprint density at radius 1 is 1.08 bits per heavy atom. The molecule has 1 amide bonds. The topological polar surface area (TPSA) is 74.8 Å². The van der Waals surface area contributed by atoms with Crippen LogP contribution in [-0.4, -0.2) is 28.2 Å². The largest absolute Gasteiger partial charge is 0.356 e. The van der Waals surface area contributed by atoms with Crippen LogP contribution in [0.25, 0.3) is 10.6 Å². The normalized spacial score (nSPS) is 10.6. The third-order valence-corrected chi connectivity index (χ3v) is 4.95. The van der Waals surface area contributed by atoms with Gasteiger partial charge in [0.2, 0.25) is 5.91 Å². The zero-order valence-electron chi connectivity index (χ0n) is 14.4. The highest BCUT2D eigenvalue weighted by Crippen LogP contribution is 2.25. The van der Waals surface area contributed by atoms with Gasteiger partial charge >= 0.3 is 0 Å². The molecule has 0 bridgehead atoms. The molecular weight excluding hydrogens is 346 g/mol. The van der Waals surface area contributed by atoms with Gasteiger partial charge in [-0.05, 0) is 17.9 Å². The number of thiophene rings is 1. The number of Topliss-reactive ketones (excluding diaryl/α,β-unsaturated/α-hetero) is 1. The van der Waals surface area contributed by atoms with Crippen LogP contribution in [0.3, 0.4) is 0 Å². The van der Waals surface area contributed by atoms with Crippen LogP contribution >= 0.6 is 11.3 Å². The van der Waals surface area contributed by atoms with Crippen LogP contribution in [0.2, 0.25) is 0 Å². The number of aromatic amines is 1. The fraction of sp³-hybridized carbons (Fsp3) is 0.250. The molecule has 0 aliphatic rings. The first-order valence-corrected chi connectivity index (χ1v) is 9.53. The zero-order chi connectivity index (χ0) is 18.2. The van der Waals surface area contributed by atoms with Gasteiger partial charge in [-0.15, -0.1) is 11.3 Å². The second-order valence-electron chi connectivity index (χ2n) is 5.95. The lowest BCUT2D eigenvalue weighted by atomic mass is 10.1. The number of nitrogens with one attached hydrogen (secondary N) is 2. The Morgan fingerprint density at radius 2 is 1.92 bits per heavy atom. The molecule has 134 valence electrons. The molecule has 0 aliphatic heterocycles. The Kier molecular flexibility index (Phi) is 6.33. The summed E-state index contributed by atoms with van der Waals surface area (Å²) in [5.41, 5.74) is 2.67. The van der Waals surface area contributed by atoms with Crippen LogP contribution in [0.5, 0.6) is 0 Å². The van der Waals surface area contributed by atoms with Gasteiger partial charge < -0.3 is 10.3 Å². The van der Waals surface area contributed by atoms with Crippen molar-refractivity contribution in [2.24, 2.45) is 0 Å². The number of nitrogens with zero attached hydrogens (tertiary/aromatic N) is 1. The molecule has 2 heterocycles. The summed E-state index contributed by atoms with van der Waals surface area (Å²) in [4.78, 5) is 32.6. The Labute approximate surface area is 156 Å². The maximum Gasteiger partial charge on any atom is 0.220 e.